The molecule has 0 saturated heterocycles. The standard InChI is InChI=1S/C33H45F9O5Si/c1-9-10-25(29(44)45)13-16-27(43)23(7)28(22(6)17-18-47-19-24-11-14-26(46-8)15-12-24)48(20(2)3,21(4)5)33(41,42)31(36,37)30(34,35)32(38,39)40/h11-15,17,20-21,23,28H,9-10,16,18-19H2,1-8H3,(H,44,45)/b22-17+,25-13-. The Hall–Kier alpha value is -2.81. The van der Waals surface area contributed by atoms with E-state index < -0.39 is 72.4 Å². The largest absolute Gasteiger partial charge is 0.497 e. The fourth-order valence-corrected chi connectivity index (χ4v) is 13.7. The number of alkyl halides is 9. The fraction of sp³-hybridized carbons (Fsp3) is 0.636. The molecule has 2 unspecified atom stereocenters. The molecule has 48 heavy (non-hydrogen) atoms. The maximum atomic E-state index is 16.5. The third-order valence-electron chi connectivity index (χ3n) is 8.91. The molecule has 0 heterocycles. The number of ketones is 1. The Morgan fingerprint density at radius 3 is 1.81 bits per heavy atom. The van der Waals surface area contributed by atoms with Gasteiger partial charge in [-0.3, -0.25) is 4.79 Å². The Morgan fingerprint density at radius 1 is 0.875 bits per heavy atom. The van der Waals surface area contributed by atoms with E-state index in [1.807, 2.05) is 0 Å². The lowest BCUT2D eigenvalue weighted by molar-refractivity contribution is -0.384. The highest BCUT2D eigenvalue weighted by Gasteiger charge is 2.87. The first-order valence-corrected chi connectivity index (χ1v) is 17.7. The van der Waals surface area contributed by atoms with E-state index in [9.17, 15) is 36.6 Å². The zero-order chi connectivity index (χ0) is 37.5. The highest BCUT2D eigenvalue weighted by molar-refractivity contribution is 6.86. The Balaban J connectivity index is 3.92. The van der Waals surface area contributed by atoms with Crippen LogP contribution in [0.4, 0.5) is 39.5 Å². The number of carboxylic acids is 1. The first-order valence-electron chi connectivity index (χ1n) is 15.4. The van der Waals surface area contributed by atoms with Crippen molar-refractivity contribution >= 4 is 19.8 Å². The summed E-state index contributed by atoms with van der Waals surface area (Å²) in [6.07, 6.45) is -4.90. The molecule has 1 N–H and O–H groups in total. The third kappa shape index (κ3) is 8.66. The monoisotopic (exact) mass is 720 g/mol. The van der Waals surface area contributed by atoms with Crippen molar-refractivity contribution in [2.75, 3.05) is 13.7 Å². The summed E-state index contributed by atoms with van der Waals surface area (Å²) in [5.74, 6) is -17.3. The van der Waals surface area contributed by atoms with Gasteiger partial charge in [-0.2, -0.15) is 30.7 Å². The van der Waals surface area contributed by atoms with Crippen LogP contribution in [0.3, 0.4) is 0 Å². The Labute approximate surface area is 276 Å². The molecule has 0 aliphatic carbocycles. The molecule has 1 rings (SSSR count). The third-order valence-corrected chi connectivity index (χ3v) is 16.1. The summed E-state index contributed by atoms with van der Waals surface area (Å²) < 4.78 is 143. The molecule has 0 spiro atoms. The molecule has 0 aromatic heterocycles. The summed E-state index contributed by atoms with van der Waals surface area (Å²) in [4.78, 5) is 25.2. The van der Waals surface area contributed by atoms with E-state index in [1.54, 1.807) is 31.2 Å². The number of Topliss-reactive ketones (excluding diaryl/α,β-unsaturated/α-hetero) is 1. The van der Waals surface area contributed by atoms with Gasteiger partial charge < -0.3 is 14.6 Å². The van der Waals surface area contributed by atoms with Gasteiger partial charge in [0.1, 0.15) is 11.5 Å². The lowest BCUT2D eigenvalue weighted by atomic mass is 9.94. The Kier molecular flexibility index (Phi) is 15.1. The number of aliphatic carboxylic acids is 1. The van der Waals surface area contributed by atoms with Crippen LogP contribution in [-0.4, -0.2) is 62.2 Å². The summed E-state index contributed by atoms with van der Waals surface area (Å²) in [6, 6.07) is 6.65. The zero-order valence-electron chi connectivity index (χ0n) is 28.3. The maximum Gasteiger partial charge on any atom is 0.460 e. The van der Waals surface area contributed by atoms with Crippen molar-refractivity contribution in [3.05, 3.63) is 53.1 Å². The van der Waals surface area contributed by atoms with Crippen molar-refractivity contribution in [2.24, 2.45) is 5.92 Å². The minimum absolute atomic E-state index is 0.00389. The van der Waals surface area contributed by atoms with Crippen molar-refractivity contribution < 1.29 is 63.7 Å². The van der Waals surface area contributed by atoms with Crippen molar-refractivity contribution in [1.82, 2.24) is 0 Å². The number of rotatable bonds is 19. The SMILES string of the molecule is CCC/C(=C/CC(=O)C(C)C(/C(C)=C/COCc1ccc(OC)cc1)[Si](C(C)C)(C(C)C)C(F)(F)C(F)(F)C(F)(F)C(F)(F)F)C(=O)O. The molecular formula is C33H45F9O5Si. The number of hydrogen-bond acceptors (Lipinski definition) is 4. The van der Waals surface area contributed by atoms with Gasteiger partial charge in [-0.25, -0.2) is 13.6 Å². The summed E-state index contributed by atoms with van der Waals surface area (Å²) in [5.41, 5.74) is -10.5. The first kappa shape index (κ1) is 43.2. The molecule has 274 valence electrons. The van der Waals surface area contributed by atoms with Gasteiger partial charge in [-0.1, -0.05) is 77.8 Å². The molecule has 15 heteroatoms. The number of halogens is 9. The second kappa shape index (κ2) is 16.7. The van der Waals surface area contributed by atoms with E-state index in [-0.39, 0.29) is 30.8 Å². The van der Waals surface area contributed by atoms with Crippen LogP contribution in [0.2, 0.25) is 16.6 Å². The second-order valence-corrected chi connectivity index (χ2v) is 17.9. The summed E-state index contributed by atoms with van der Waals surface area (Å²) in [6.45, 7) is 7.94. The zero-order valence-corrected chi connectivity index (χ0v) is 29.3. The number of carbonyl (C=O) groups is 2. The number of carboxylic acid groups (broad SMARTS) is 1. The average molecular weight is 721 g/mol. The van der Waals surface area contributed by atoms with Crippen LogP contribution in [0, 0.1) is 5.92 Å². The molecular weight excluding hydrogens is 675 g/mol. The molecule has 0 aliphatic rings. The first-order chi connectivity index (χ1) is 21.9. The minimum Gasteiger partial charge on any atom is -0.497 e. The van der Waals surface area contributed by atoms with E-state index in [4.69, 9.17) is 9.47 Å². The van der Waals surface area contributed by atoms with Crippen LogP contribution in [0.15, 0.2) is 47.6 Å². The van der Waals surface area contributed by atoms with Crippen LogP contribution < -0.4 is 4.74 Å². The average Bonchev–Trinajstić information content (AvgIpc) is 2.98. The predicted octanol–water partition coefficient (Wildman–Crippen LogP) is 10.2. The van der Waals surface area contributed by atoms with Gasteiger partial charge in [0.15, 0.2) is 8.07 Å². The van der Waals surface area contributed by atoms with Crippen LogP contribution in [-0.2, 0) is 20.9 Å². The molecule has 0 amide bonds. The van der Waals surface area contributed by atoms with Gasteiger partial charge in [0.05, 0.1) is 20.3 Å². The molecule has 0 bridgehead atoms. The fourth-order valence-electron chi connectivity index (χ4n) is 6.51. The summed E-state index contributed by atoms with van der Waals surface area (Å²) in [7, 11) is -4.14. The van der Waals surface area contributed by atoms with E-state index >= 15 is 17.6 Å². The topological polar surface area (TPSA) is 72.8 Å². The van der Waals surface area contributed by atoms with Gasteiger partial charge in [-0.15, -0.1) is 0 Å². The number of benzene rings is 1. The van der Waals surface area contributed by atoms with Crippen LogP contribution in [0.25, 0.3) is 0 Å². The number of allylic oxidation sites excluding steroid dienone is 2. The van der Waals surface area contributed by atoms with Gasteiger partial charge >= 0.3 is 24.0 Å². The van der Waals surface area contributed by atoms with E-state index in [0.717, 1.165) is 40.7 Å². The van der Waals surface area contributed by atoms with Crippen molar-refractivity contribution in [1.29, 1.82) is 0 Å². The normalized spacial score (nSPS) is 15.6. The summed E-state index contributed by atoms with van der Waals surface area (Å²) in [5, 5.41) is 9.45. The van der Waals surface area contributed by atoms with Gasteiger partial charge in [0.2, 0.25) is 0 Å². The molecule has 0 fully saturated rings. The quantitative estimate of drug-likeness (QED) is 0.0507. The molecule has 0 aliphatic heterocycles. The highest BCUT2D eigenvalue weighted by atomic mass is 28.3. The van der Waals surface area contributed by atoms with E-state index in [2.05, 4.69) is 0 Å². The van der Waals surface area contributed by atoms with Crippen molar-refractivity contribution in [2.45, 2.75) is 115 Å². The van der Waals surface area contributed by atoms with Crippen molar-refractivity contribution in [3.8, 4) is 5.75 Å². The summed E-state index contributed by atoms with van der Waals surface area (Å²) >= 11 is 0. The second-order valence-electron chi connectivity index (χ2n) is 12.5. The van der Waals surface area contributed by atoms with Crippen molar-refractivity contribution in [3.63, 3.8) is 0 Å². The maximum absolute atomic E-state index is 16.5. The Bertz CT molecular complexity index is 1280. The van der Waals surface area contributed by atoms with E-state index in [1.165, 1.54) is 20.1 Å². The van der Waals surface area contributed by atoms with Crippen LogP contribution in [0.1, 0.15) is 73.3 Å². The van der Waals surface area contributed by atoms with Gasteiger partial charge in [0.25, 0.3) is 5.55 Å². The number of methoxy groups -OCH3 is 1. The number of carbonyl (C=O) groups excluding carboxylic acids is 1. The number of ether oxygens (including phenoxy) is 2. The van der Waals surface area contributed by atoms with E-state index in [0.29, 0.717) is 17.7 Å². The van der Waals surface area contributed by atoms with Crippen LogP contribution >= 0.6 is 0 Å². The molecule has 1 aromatic carbocycles. The van der Waals surface area contributed by atoms with Gasteiger partial charge in [-0.05, 0) is 47.7 Å². The number of hydrogen-bond donors (Lipinski definition) is 1. The highest BCUT2D eigenvalue weighted by Crippen LogP contribution is 2.64. The molecule has 5 nitrogen and oxygen atoms in total. The minimum atomic E-state index is -7.11. The molecule has 0 saturated carbocycles. The lowest BCUT2D eigenvalue weighted by Gasteiger charge is -2.54. The molecule has 2 atom stereocenters. The lowest BCUT2D eigenvalue weighted by Crippen LogP contribution is -2.74. The van der Waals surface area contributed by atoms with Gasteiger partial charge in [0, 0.05) is 17.9 Å². The predicted molar refractivity (Wildman–Crippen MR) is 166 cm³/mol. The Morgan fingerprint density at radius 2 is 1.40 bits per heavy atom. The molecule has 1 aromatic rings. The smallest absolute Gasteiger partial charge is 0.460 e. The molecule has 0 radical (unpaired) electrons. The van der Waals surface area contributed by atoms with Crippen LogP contribution in [0.5, 0.6) is 5.75 Å².